The standard InChI is InChI=1S/C18H26F3N3O3/c1-16(2,3)23(4)24(26)22-27-15-8-10-17(25,11-9-15)13-6-5-7-14(12-13)18(19,20)21/h5-7,12,15,25H,8-11H2,1-4H3/b24-22-. The van der Waals surface area contributed by atoms with Crippen LogP contribution in [0.5, 0.6) is 0 Å². The minimum absolute atomic E-state index is 0.225. The maximum atomic E-state index is 12.9. The van der Waals surface area contributed by atoms with Gasteiger partial charge in [0.25, 0.3) is 0 Å². The van der Waals surface area contributed by atoms with E-state index in [2.05, 4.69) is 5.28 Å². The fraction of sp³-hybridized carbons (Fsp3) is 0.667. The molecule has 27 heavy (non-hydrogen) atoms. The molecule has 1 N–H and O–H groups in total. The van der Waals surface area contributed by atoms with Gasteiger partial charge < -0.3 is 15.2 Å². The molecule has 0 saturated heterocycles. The molecule has 1 aliphatic carbocycles. The zero-order valence-electron chi connectivity index (χ0n) is 16.0. The smallest absolute Gasteiger partial charge is 0.416 e. The second-order valence-electron chi connectivity index (χ2n) is 7.94. The summed E-state index contributed by atoms with van der Waals surface area (Å²) in [4.78, 5) is 5.64. The second kappa shape index (κ2) is 7.53. The Bertz CT molecular complexity index is 678. The SMILES string of the molecule is CN(/[N+]([O-])=N/OC1CCC(O)(c2cccc(C(F)(F)F)c2)CC1)C(C)(C)C. The highest BCUT2D eigenvalue weighted by Gasteiger charge is 2.38. The number of rotatable bonds is 4. The van der Waals surface area contributed by atoms with E-state index < -0.39 is 22.9 Å². The van der Waals surface area contributed by atoms with Gasteiger partial charge in [0, 0.05) is 0 Å². The number of alkyl halides is 3. The Morgan fingerprint density at radius 1 is 1.26 bits per heavy atom. The van der Waals surface area contributed by atoms with Gasteiger partial charge in [-0.15, -0.1) is 5.01 Å². The van der Waals surface area contributed by atoms with Crippen molar-refractivity contribution in [1.82, 2.24) is 5.01 Å². The first-order valence-electron chi connectivity index (χ1n) is 8.81. The lowest BCUT2D eigenvalue weighted by atomic mass is 9.78. The van der Waals surface area contributed by atoms with Gasteiger partial charge in [0.1, 0.15) is 6.10 Å². The van der Waals surface area contributed by atoms with E-state index in [1.807, 2.05) is 20.8 Å². The summed E-state index contributed by atoms with van der Waals surface area (Å²) in [5, 5.41) is 27.6. The Labute approximate surface area is 156 Å². The van der Waals surface area contributed by atoms with Crippen molar-refractivity contribution in [3.8, 4) is 0 Å². The highest BCUT2D eigenvalue weighted by atomic mass is 19.4. The predicted molar refractivity (Wildman–Crippen MR) is 92.3 cm³/mol. The quantitative estimate of drug-likeness (QED) is 0.471. The molecular formula is C18H26F3N3O3. The predicted octanol–water partition coefficient (Wildman–Crippen LogP) is 4.38. The number of nitrogens with zero attached hydrogens (tertiary/aromatic N) is 3. The van der Waals surface area contributed by atoms with E-state index in [4.69, 9.17) is 4.84 Å². The molecule has 0 bridgehead atoms. The van der Waals surface area contributed by atoms with E-state index in [9.17, 15) is 23.5 Å². The molecule has 6 nitrogen and oxygen atoms in total. The third-order valence-electron chi connectivity index (χ3n) is 4.98. The number of hydrogen-bond donors (Lipinski definition) is 1. The van der Waals surface area contributed by atoms with Gasteiger partial charge in [-0.1, -0.05) is 12.1 Å². The van der Waals surface area contributed by atoms with Gasteiger partial charge in [-0.3, -0.25) is 0 Å². The summed E-state index contributed by atoms with van der Waals surface area (Å²) in [7, 11) is 1.59. The van der Waals surface area contributed by atoms with Gasteiger partial charge in [0.2, 0.25) is 5.28 Å². The Hall–Kier alpha value is -2.03. The summed E-state index contributed by atoms with van der Waals surface area (Å²) in [5.74, 6) is 0. The molecule has 1 aliphatic rings. The Balaban J connectivity index is 2.00. The first kappa shape index (κ1) is 21.3. The summed E-state index contributed by atoms with van der Waals surface area (Å²) in [6.07, 6.45) is -3.62. The lowest BCUT2D eigenvalue weighted by Gasteiger charge is -2.35. The van der Waals surface area contributed by atoms with Gasteiger partial charge in [-0.25, -0.2) is 0 Å². The highest BCUT2D eigenvalue weighted by Crippen LogP contribution is 2.40. The number of halogens is 3. The van der Waals surface area contributed by atoms with Crippen molar-refractivity contribution in [3.05, 3.63) is 40.6 Å². The largest absolute Gasteiger partial charge is 0.569 e. The van der Waals surface area contributed by atoms with Crippen molar-refractivity contribution < 1.29 is 28.1 Å². The molecule has 0 aromatic heterocycles. The molecule has 1 saturated carbocycles. The fourth-order valence-electron chi connectivity index (χ4n) is 2.87. The van der Waals surface area contributed by atoms with E-state index in [1.165, 1.54) is 17.1 Å². The van der Waals surface area contributed by atoms with Crippen molar-refractivity contribution in [1.29, 1.82) is 0 Å². The van der Waals surface area contributed by atoms with Crippen LogP contribution in [0, 0.1) is 5.21 Å². The number of hydrazine groups is 1. The molecule has 1 aromatic carbocycles. The van der Waals surface area contributed by atoms with Crippen LogP contribution in [-0.2, 0) is 16.6 Å². The summed E-state index contributed by atoms with van der Waals surface area (Å²) in [6, 6.07) is 4.77. The summed E-state index contributed by atoms with van der Waals surface area (Å²) < 4.78 is 38.7. The van der Waals surface area contributed by atoms with Crippen LogP contribution in [0.1, 0.15) is 57.6 Å². The first-order chi connectivity index (χ1) is 12.3. The Morgan fingerprint density at radius 2 is 1.85 bits per heavy atom. The average Bonchev–Trinajstić information content (AvgIpc) is 2.59. The van der Waals surface area contributed by atoms with E-state index in [1.54, 1.807) is 7.05 Å². The molecule has 0 radical (unpaired) electrons. The molecule has 0 aliphatic heterocycles. The van der Waals surface area contributed by atoms with Gasteiger partial charge >= 0.3 is 6.18 Å². The van der Waals surface area contributed by atoms with Crippen LogP contribution in [0.15, 0.2) is 29.5 Å². The van der Waals surface area contributed by atoms with E-state index >= 15 is 0 Å². The molecule has 1 aromatic rings. The topological polar surface area (TPSA) is 71.1 Å². The van der Waals surface area contributed by atoms with Crippen LogP contribution in [-0.4, -0.2) is 33.8 Å². The van der Waals surface area contributed by atoms with E-state index in [0.717, 1.165) is 12.1 Å². The molecule has 0 unspecified atom stereocenters. The third kappa shape index (κ3) is 5.24. The third-order valence-corrected chi connectivity index (χ3v) is 4.98. The lowest BCUT2D eigenvalue weighted by molar-refractivity contribution is -0.720. The van der Waals surface area contributed by atoms with E-state index in [-0.39, 0.29) is 24.5 Å². The van der Waals surface area contributed by atoms with Crippen molar-refractivity contribution in [2.45, 2.75) is 69.9 Å². The molecular weight excluding hydrogens is 363 g/mol. The van der Waals surface area contributed by atoms with Crippen molar-refractivity contribution in [3.63, 3.8) is 0 Å². The Morgan fingerprint density at radius 3 is 2.37 bits per heavy atom. The number of aliphatic hydroxyl groups is 1. The highest BCUT2D eigenvalue weighted by molar-refractivity contribution is 5.30. The van der Waals surface area contributed by atoms with Crippen molar-refractivity contribution in [2.24, 2.45) is 5.28 Å². The minimum atomic E-state index is -4.46. The van der Waals surface area contributed by atoms with Crippen molar-refractivity contribution in [2.75, 3.05) is 7.05 Å². The number of benzene rings is 1. The minimum Gasteiger partial charge on any atom is -0.569 e. The summed E-state index contributed by atoms with van der Waals surface area (Å²) in [6.45, 7) is 5.55. The normalized spacial score (nSPS) is 24.6. The monoisotopic (exact) mass is 389 g/mol. The summed E-state index contributed by atoms with van der Waals surface area (Å²) >= 11 is 0. The molecule has 2 rings (SSSR count). The molecule has 152 valence electrons. The van der Waals surface area contributed by atoms with Crippen LogP contribution >= 0.6 is 0 Å². The van der Waals surface area contributed by atoms with Gasteiger partial charge in [-0.05, 0) is 64.2 Å². The summed E-state index contributed by atoms with van der Waals surface area (Å²) in [5.41, 5.74) is -2.31. The van der Waals surface area contributed by atoms with Crippen LogP contribution in [0.25, 0.3) is 0 Å². The molecule has 0 atom stereocenters. The second-order valence-corrected chi connectivity index (χ2v) is 7.94. The Kier molecular flexibility index (Phi) is 5.94. The van der Waals surface area contributed by atoms with Crippen LogP contribution < -0.4 is 0 Å². The van der Waals surface area contributed by atoms with Gasteiger partial charge in [0.05, 0.1) is 28.7 Å². The zero-order valence-corrected chi connectivity index (χ0v) is 16.0. The van der Waals surface area contributed by atoms with E-state index in [0.29, 0.717) is 17.8 Å². The first-order valence-corrected chi connectivity index (χ1v) is 8.81. The molecule has 0 amide bonds. The zero-order chi connectivity index (χ0) is 20.5. The average molecular weight is 389 g/mol. The fourth-order valence-corrected chi connectivity index (χ4v) is 2.87. The van der Waals surface area contributed by atoms with Crippen LogP contribution in [0.2, 0.25) is 0 Å². The van der Waals surface area contributed by atoms with Crippen molar-refractivity contribution >= 4 is 0 Å². The van der Waals surface area contributed by atoms with Crippen LogP contribution in [0.3, 0.4) is 0 Å². The molecule has 9 heteroatoms. The number of hydrogen-bond acceptors (Lipinski definition) is 4. The van der Waals surface area contributed by atoms with Gasteiger partial charge in [0.15, 0.2) is 0 Å². The maximum Gasteiger partial charge on any atom is 0.416 e. The van der Waals surface area contributed by atoms with Gasteiger partial charge in [-0.2, -0.15) is 13.2 Å². The molecule has 0 heterocycles. The lowest BCUT2D eigenvalue weighted by Crippen LogP contribution is -2.42. The van der Waals surface area contributed by atoms with Crippen LogP contribution in [0.4, 0.5) is 13.2 Å². The molecule has 1 fully saturated rings. The maximum absolute atomic E-state index is 12.9. The molecule has 0 spiro atoms.